The third-order valence-electron chi connectivity index (χ3n) is 3.68. The van der Waals surface area contributed by atoms with Crippen LogP contribution in [0.4, 0.5) is 0 Å². The van der Waals surface area contributed by atoms with E-state index in [1.807, 2.05) is 36.7 Å². The second kappa shape index (κ2) is 8.03. The van der Waals surface area contributed by atoms with Gasteiger partial charge in [-0.3, -0.25) is 4.79 Å². The minimum absolute atomic E-state index is 0.352. The minimum Gasteiger partial charge on any atom is -0.480 e. The first kappa shape index (κ1) is 17.4. The molecule has 0 aliphatic rings. The van der Waals surface area contributed by atoms with Crippen molar-refractivity contribution >= 4 is 34.5 Å². The number of hydrogen-bond donors (Lipinski definition) is 4. The standard InChI is InChI=1S/C16H21N3O3S/c1-23-7-6-14(16(21)22)19-15(20)12(17)8-10-9-18-13-5-3-2-4-11(10)13/h2-5,9,12,14,18H,6-8,17H2,1H3,(H,19,20)(H,21,22)/t12-,14+/m0/s1. The van der Waals surface area contributed by atoms with Crippen LogP contribution < -0.4 is 11.1 Å². The lowest BCUT2D eigenvalue weighted by molar-refractivity contribution is -0.142. The van der Waals surface area contributed by atoms with Crippen molar-refractivity contribution in [1.82, 2.24) is 10.3 Å². The largest absolute Gasteiger partial charge is 0.480 e. The highest BCUT2D eigenvalue weighted by atomic mass is 32.2. The van der Waals surface area contributed by atoms with Gasteiger partial charge in [0.2, 0.25) is 5.91 Å². The fourth-order valence-corrected chi connectivity index (χ4v) is 2.87. The summed E-state index contributed by atoms with van der Waals surface area (Å²) in [6.45, 7) is 0. The lowest BCUT2D eigenvalue weighted by atomic mass is 10.0. The van der Waals surface area contributed by atoms with Gasteiger partial charge in [-0.25, -0.2) is 4.79 Å². The number of aromatic amines is 1. The van der Waals surface area contributed by atoms with E-state index in [2.05, 4.69) is 10.3 Å². The van der Waals surface area contributed by atoms with Gasteiger partial charge in [-0.1, -0.05) is 18.2 Å². The van der Waals surface area contributed by atoms with Gasteiger partial charge in [-0.05, 0) is 36.5 Å². The first-order valence-electron chi connectivity index (χ1n) is 7.35. The molecule has 5 N–H and O–H groups in total. The van der Waals surface area contributed by atoms with Crippen molar-refractivity contribution in [3.05, 3.63) is 36.0 Å². The fraction of sp³-hybridized carbons (Fsp3) is 0.375. The Morgan fingerprint density at radius 1 is 1.39 bits per heavy atom. The van der Waals surface area contributed by atoms with Crippen LogP contribution in [0.2, 0.25) is 0 Å². The predicted octanol–water partition coefficient (Wildman–Crippen LogP) is 1.36. The molecule has 0 bridgehead atoms. The van der Waals surface area contributed by atoms with E-state index >= 15 is 0 Å². The van der Waals surface area contributed by atoms with Gasteiger partial charge in [0.15, 0.2) is 0 Å². The first-order chi connectivity index (χ1) is 11.0. The number of rotatable bonds is 8. The second-order valence-electron chi connectivity index (χ2n) is 5.35. The lowest BCUT2D eigenvalue weighted by Gasteiger charge is -2.17. The zero-order valence-corrected chi connectivity index (χ0v) is 13.7. The summed E-state index contributed by atoms with van der Waals surface area (Å²) < 4.78 is 0. The van der Waals surface area contributed by atoms with Crippen molar-refractivity contribution in [3.8, 4) is 0 Å². The number of H-pyrrole nitrogens is 1. The molecule has 0 unspecified atom stereocenters. The Morgan fingerprint density at radius 3 is 2.83 bits per heavy atom. The summed E-state index contributed by atoms with van der Waals surface area (Å²) in [5.41, 5.74) is 7.88. The van der Waals surface area contributed by atoms with E-state index in [0.717, 1.165) is 16.5 Å². The number of fused-ring (bicyclic) bond motifs is 1. The Morgan fingerprint density at radius 2 is 2.13 bits per heavy atom. The number of nitrogens with two attached hydrogens (primary N) is 1. The van der Waals surface area contributed by atoms with Crippen LogP contribution in [0.3, 0.4) is 0 Å². The summed E-state index contributed by atoms with van der Waals surface area (Å²) >= 11 is 1.54. The molecule has 2 aromatic rings. The maximum Gasteiger partial charge on any atom is 0.326 e. The van der Waals surface area contributed by atoms with Gasteiger partial charge in [-0.2, -0.15) is 11.8 Å². The molecule has 0 radical (unpaired) electrons. The van der Waals surface area contributed by atoms with E-state index in [1.54, 1.807) is 0 Å². The highest BCUT2D eigenvalue weighted by Crippen LogP contribution is 2.18. The summed E-state index contributed by atoms with van der Waals surface area (Å²) in [6, 6.07) is 6.08. The summed E-state index contributed by atoms with van der Waals surface area (Å²) in [7, 11) is 0. The number of carboxylic acids is 1. The molecule has 1 aromatic heterocycles. The van der Waals surface area contributed by atoms with Crippen molar-refractivity contribution in [3.63, 3.8) is 0 Å². The normalized spacial score (nSPS) is 13.7. The van der Waals surface area contributed by atoms with Gasteiger partial charge in [0.1, 0.15) is 6.04 Å². The van der Waals surface area contributed by atoms with Gasteiger partial charge in [0.25, 0.3) is 0 Å². The third kappa shape index (κ3) is 4.49. The maximum absolute atomic E-state index is 12.2. The van der Waals surface area contributed by atoms with Crippen molar-refractivity contribution in [2.75, 3.05) is 12.0 Å². The Balaban J connectivity index is 2.00. The maximum atomic E-state index is 12.2. The van der Waals surface area contributed by atoms with Gasteiger partial charge < -0.3 is 21.1 Å². The Labute approximate surface area is 138 Å². The highest BCUT2D eigenvalue weighted by molar-refractivity contribution is 7.98. The molecule has 23 heavy (non-hydrogen) atoms. The molecule has 7 heteroatoms. The molecule has 0 spiro atoms. The van der Waals surface area contributed by atoms with Gasteiger partial charge in [-0.15, -0.1) is 0 Å². The van der Waals surface area contributed by atoms with E-state index in [1.165, 1.54) is 11.8 Å². The van der Waals surface area contributed by atoms with Crippen LogP contribution in [0.25, 0.3) is 10.9 Å². The molecule has 0 saturated carbocycles. The number of carbonyl (C=O) groups excluding carboxylic acids is 1. The van der Waals surface area contributed by atoms with Crippen molar-refractivity contribution in [2.45, 2.75) is 24.9 Å². The average Bonchev–Trinajstić information content (AvgIpc) is 2.94. The second-order valence-corrected chi connectivity index (χ2v) is 6.34. The van der Waals surface area contributed by atoms with Gasteiger partial charge in [0, 0.05) is 17.1 Å². The average molecular weight is 335 g/mol. The number of para-hydroxylation sites is 1. The number of aliphatic carboxylic acids is 1. The van der Waals surface area contributed by atoms with E-state index in [0.29, 0.717) is 18.6 Å². The Hall–Kier alpha value is -1.99. The van der Waals surface area contributed by atoms with Crippen LogP contribution in [0.5, 0.6) is 0 Å². The van der Waals surface area contributed by atoms with Crippen LogP contribution in [-0.2, 0) is 16.0 Å². The minimum atomic E-state index is -1.04. The number of thioether (sulfide) groups is 1. The van der Waals surface area contributed by atoms with Gasteiger partial charge in [0.05, 0.1) is 6.04 Å². The topological polar surface area (TPSA) is 108 Å². The lowest BCUT2D eigenvalue weighted by Crippen LogP contribution is -2.49. The van der Waals surface area contributed by atoms with Gasteiger partial charge >= 0.3 is 5.97 Å². The van der Waals surface area contributed by atoms with Crippen LogP contribution >= 0.6 is 11.8 Å². The number of aromatic nitrogens is 1. The molecule has 124 valence electrons. The number of carbonyl (C=O) groups is 2. The zero-order chi connectivity index (χ0) is 16.8. The highest BCUT2D eigenvalue weighted by Gasteiger charge is 2.23. The summed E-state index contributed by atoms with van der Waals surface area (Å²) in [5, 5.41) is 12.7. The third-order valence-corrected chi connectivity index (χ3v) is 4.32. The summed E-state index contributed by atoms with van der Waals surface area (Å²) in [6.07, 6.45) is 4.45. The first-order valence-corrected chi connectivity index (χ1v) is 8.75. The summed E-state index contributed by atoms with van der Waals surface area (Å²) in [5.74, 6) is -0.815. The molecule has 0 aliphatic carbocycles. The molecule has 0 aliphatic heterocycles. The van der Waals surface area contributed by atoms with Crippen LogP contribution in [0, 0.1) is 0 Å². The number of amides is 1. The number of nitrogens with one attached hydrogen (secondary N) is 2. The number of hydrogen-bond acceptors (Lipinski definition) is 4. The monoisotopic (exact) mass is 335 g/mol. The molecule has 1 aromatic carbocycles. The molecular formula is C16H21N3O3S. The smallest absolute Gasteiger partial charge is 0.326 e. The van der Waals surface area contributed by atoms with Crippen molar-refractivity contribution in [2.24, 2.45) is 5.73 Å². The zero-order valence-electron chi connectivity index (χ0n) is 12.9. The molecule has 2 rings (SSSR count). The molecule has 0 fully saturated rings. The SMILES string of the molecule is CSCC[C@@H](NC(=O)[C@@H](N)Cc1c[nH]c2ccccc12)C(=O)O. The summed E-state index contributed by atoms with van der Waals surface area (Å²) in [4.78, 5) is 26.5. The Kier molecular flexibility index (Phi) is 6.06. The number of benzene rings is 1. The fourth-order valence-electron chi connectivity index (χ4n) is 2.40. The van der Waals surface area contributed by atoms with Crippen LogP contribution in [0.1, 0.15) is 12.0 Å². The molecular weight excluding hydrogens is 314 g/mol. The van der Waals surface area contributed by atoms with E-state index in [4.69, 9.17) is 10.8 Å². The number of carboxylic acid groups (broad SMARTS) is 1. The molecule has 1 heterocycles. The van der Waals surface area contributed by atoms with E-state index in [-0.39, 0.29) is 0 Å². The quantitative estimate of drug-likeness (QED) is 0.582. The van der Waals surface area contributed by atoms with E-state index < -0.39 is 24.0 Å². The molecule has 1 amide bonds. The molecule has 6 nitrogen and oxygen atoms in total. The molecule has 0 saturated heterocycles. The van der Waals surface area contributed by atoms with Crippen molar-refractivity contribution in [1.29, 1.82) is 0 Å². The Bertz CT molecular complexity index is 686. The van der Waals surface area contributed by atoms with Crippen LogP contribution in [-0.4, -0.2) is 46.1 Å². The predicted molar refractivity (Wildman–Crippen MR) is 92.5 cm³/mol. The van der Waals surface area contributed by atoms with E-state index in [9.17, 15) is 9.59 Å². The van der Waals surface area contributed by atoms with Crippen LogP contribution in [0.15, 0.2) is 30.5 Å². The van der Waals surface area contributed by atoms with Crippen molar-refractivity contribution < 1.29 is 14.7 Å². The molecule has 2 atom stereocenters.